The van der Waals surface area contributed by atoms with Gasteiger partial charge < -0.3 is 10.4 Å². The SMILES string of the molecule is CC1=C(c2ccccc2)C1C.CCC/C(=C/Cc1cc(C)cc(C)c1C)c1ccccc1NC(C)(C)C.CO. The van der Waals surface area contributed by atoms with Crippen LogP contribution in [0.1, 0.15) is 87.8 Å². The monoisotopic (exact) mass is 525 g/mol. The molecule has 2 nitrogen and oxygen atoms in total. The van der Waals surface area contributed by atoms with E-state index in [1.165, 1.54) is 44.6 Å². The number of aliphatic hydroxyl groups excluding tert-OH is 1. The Bertz CT molecular complexity index is 1260. The van der Waals surface area contributed by atoms with E-state index in [-0.39, 0.29) is 5.54 Å². The largest absolute Gasteiger partial charge is 0.400 e. The first-order valence-corrected chi connectivity index (χ1v) is 14.4. The predicted molar refractivity (Wildman–Crippen MR) is 173 cm³/mol. The molecular formula is C37H51NO. The van der Waals surface area contributed by atoms with Gasteiger partial charge in [0.2, 0.25) is 0 Å². The minimum absolute atomic E-state index is 0.0532. The van der Waals surface area contributed by atoms with E-state index in [1.54, 1.807) is 11.1 Å². The molecule has 1 aliphatic carbocycles. The van der Waals surface area contributed by atoms with Crippen LogP contribution in [-0.2, 0) is 6.42 Å². The van der Waals surface area contributed by atoms with Gasteiger partial charge in [-0.25, -0.2) is 0 Å². The third-order valence-electron chi connectivity index (χ3n) is 7.30. The maximum Gasteiger partial charge on any atom is 0.0420 e. The molecular weight excluding hydrogens is 474 g/mol. The minimum Gasteiger partial charge on any atom is -0.400 e. The second kappa shape index (κ2) is 14.9. The summed E-state index contributed by atoms with van der Waals surface area (Å²) in [4.78, 5) is 0. The number of nitrogens with one attached hydrogen (secondary N) is 1. The van der Waals surface area contributed by atoms with Crippen molar-refractivity contribution in [1.29, 1.82) is 0 Å². The number of benzene rings is 3. The number of rotatable bonds is 7. The summed E-state index contributed by atoms with van der Waals surface area (Å²) in [6, 6.07) is 24.0. The summed E-state index contributed by atoms with van der Waals surface area (Å²) in [5, 5.41) is 10.7. The number of para-hydroxylation sites is 1. The van der Waals surface area contributed by atoms with Gasteiger partial charge >= 0.3 is 0 Å². The third-order valence-corrected chi connectivity index (χ3v) is 7.30. The quantitative estimate of drug-likeness (QED) is 0.322. The Balaban J connectivity index is 0.000000338. The van der Waals surface area contributed by atoms with Crippen molar-refractivity contribution >= 4 is 16.8 Å². The second-order valence-corrected chi connectivity index (χ2v) is 11.7. The highest BCUT2D eigenvalue weighted by Gasteiger charge is 2.28. The summed E-state index contributed by atoms with van der Waals surface area (Å²) in [6.07, 6.45) is 5.69. The summed E-state index contributed by atoms with van der Waals surface area (Å²) in [7, 11) is 1.00. The summed E-state index contributed by atoms with van der Waals surface area (Å²) in [5.41, 5.74) is 14.2. The molecule has 0 saturated carbocycles. The van der Waals surface area contributed by atoms with Crippen molar-refractivity contribution in [3.05, 3.63) is 112 Å². The van der Waals surface area contributed by atoms with Gasteiger partial charge in [0.1, 0.15) is 0 Å². The number of hydrogen-bond donors (Lipinski definition) is 2. The Hall–Kier alpha value is -3.10. The number of hydrogen-bond acceptors (Lipinski definition) is 2. The van der Waals surface area contributed by atoms with Crippen LogP contribution in [0, 0.1) is 26.7 Å². The van der Waals surface area contributed by atoms with Gasteiger partial charge in [-0.1, -0.05) is 98.1 Å². The average molecular weight is 526 g/mol. The molecule has 0 heterocycles. The third kappa shape index (κ3) is 9.55. The van der Waals surface area contributed by atoms with Crippen molar-refractivity contribution < 1.29 is 5.11 Å². The molecule has 3 aromatic carbocycles. The van der Waals surface area contributed by atoms with Gasteiger partial charge in [-0.3, -0.25) is 0 Å². The molecule has 2 N–H and O–H groups in total. The van der Waals surface area contributed by atoms with Gasteiger partial charge in [0, 0.05) is 29.8 Å². The lowest BCUT2D eigenvalue weighted by Gasteiger charge is -2.25. The zero-order chi connectivity index (χ0) is 29.2. The van der Waals surface area contributed by atoms with Gasteiger partial charge in [-0.15, -0.1) is 0 Å². The van der Waals surface area contributed by atoms with Crippen LogP contribution >= 0.6 is 0 Å². The maximum atomic E-state index is 7.00. The molecule has 0 amide bonds. The Morgan fingerprint density at radius 2 is 1.49 bits per heavy atom. The van der Waals surface area contributed by atoms with E-state index in [2.05, 4.69) is 140 Å². The molecule has 210 valence electrons. The number of anilines is 1. The number of aliphatic hydroxyl groups is 1. The first kappa shape index (κ1) is 32.1. The molecule has 0 radical (unpaired) electrons. The first-order chi connectivity index (χ1) is 18.5. The van der Waals surface area contributed by atoms with Crippen LogP contribution in [0.2, 0.25) is 0 Å². The summed E-state index contributed by atoms with van der Waals surface area (Å²) < 4.78 is 0. The Kier molecular flexibility index (Phi) is 12.3. The van der Waals surface area contributed by atoms with Crippen molar-refractivity contribution in [2.75, 3.05) is 12.4 Å². The van der Waals surface area contributed by atoms with Crippen molar-refractivity contribution in [1.82, 2.24) is 0 Å². The molecule has 0 fully saturated rings. The number of aryl methyl sites for hydroxylation is 2. The van der Waals surface area contributed by atoms with Gasteiger partial charge in [-0.05, 0) is 101 Å². The molecule has 39 heavy (non-hydrogen) atoms. The van der Waals surface area contributed by atoms with Crippen LogP contribution < -0.4 is 5.32 Å². The Morgan fingerprint density at radius 3 is 2.05 bits per heavy atom. The van der Waals surface area contributed by atoms with Gasteiger partial charge in [-0.2, -0.15) is 0 Å². The molecule has 0 saturated heterocycles. The van der Waals surface area contributed by atoms with E-state index >= 15 is 0 Å². The molecule has 1 unspecified atom stereocenters. The lowest BCUT2D eigenvalue weighted by atomic mass is 9.93. The molecule has 4 rings (SSSR count). The van der Waals surface area contributed by atoms with Crippen LogP contribution in [0.5, 0.6) is 0 Å². The minimum atomic E-state index is 0.0532. The molecule has 0 spiro atoms. The highest BCUT2D eigenvalue weighted by molar-refractivity contribution is 5.84. The molecule has 0 bridgehead atoms. The van der Waals surface area contributed by atoms with E-state index in [9.17, 15) is 0 Å². The van der Waals surface area contributed by atoms with E-state index in [0.29, 0.717) is 0 Å². The van der Waals surface area contributed by atoms with Crippen LogP contribution in [0.4, 0.5) is 5.69 Å². The summed E-state index contributed by atoms with van der Waals surface area (Å²) in [6.45, 7) is 20.0. The lowest BCUT2D eigenvalue weighted by Crippen LogP contribution is -2.26. The van der Waals surface area contributed by atoms with Crippen LogP contribution in [0.25, 0.3) is 11.1 Å². The van der Waals surface area contributed by atoms with Crippen molar-refractivity contribution in [2.24, 2.45) is 5.92 Å². The molecule has 1 atom stereocenters. The fraction of sp³-hybridized carbons (Fsp3) is 0.405. The van der Waals surface area contributed by atoms with E-state index in [1.807, 2.05) is 0 Å². The fourth-order valence-corrected chi connectivity index (χ4v) is 5.04. The topological polar surface area (TPSA) is 32.3 Å². The standard InChI is InChI=1S/C25H35N.C11H12.CH4O/c1-8-11-21(14-15-22-17-18(2)16-19(3)20(22)4)23-12-9-10-13-24(23)26-25(5,6)7;1-8-9(2)11(8)10-6-4-3-5-7-10;1-2/h9-10,12-14,16-17,26H,8,11,15H2,1-7H3;3-8H,1-2H3;2H,1H3/b21-14-;;. The smallest absolute Gasteiger partial charge is 0.0420 e. The fourth-order valence-electron chi connectivity index (χ4n) is 5.04. The highest BCUT2D eigenvalue weighted by Crippen LogP contribution is 2.45. The maximum absolute atomic E-state index is 7.00. The first-order valence-electron chi connectivity index (χ1n) is 14.4. The van der Waals surface area contributed by atoms with Crippen LogP contribution in [0.15, 0.2) is 78.4 Å². The van der Waals surface area contributed by atoms with E-state index < -0.39 is 0 Å². The molecule has 3 aromatic rings. The van der Waals surface area contributed by atoms with Crippen LogP contribution in [-0.4, -0.2) is 17.8 Å². The lowest BCUT2D eigenvalue weighted by molar-refractivity contribution is 0.399. The second-order valence-electron chi connectivity index (χ2n) is 11.7. The van der Waals surface area contributed by atoms with Gasteiger partial charge in [0.05, 0.1) is 0 Å². The zero-order valence-electron chi connectivity index (χ0n) is 26.1. The highest BCUT2D eigenvalue weighted by atomic mass is 16.2. The van der Waals surface area contributed by atoms with E-state index in [4.69, 9.17) is 5.11 Å². The summed E-state index contributed by atoms with van der Waals surface area (Å²) in [5.74, 6) is 0.734. The van der Waals surface area contributed by atoms with Crippen molar-refractivity contribution in [3.8, 4) is 0 Å². The average Bonchev–Trinajstić information content (AvgIpc) is 3.51. The van der Waals surface area contributed by atoms with E-state index in [0.717, 1.165) is 32.3 Å². The van der Waals surface area contributed by atoms with Crippen LogP contribution in [0.3, 0.4) is 0 Å². The molecule has 0 aromatic heterocycles. The summed E-state index contributed by atoms with van der Waals surface area (Å²) >= 11 is 0. The zero-order valence-corrected chi connectivity index (χ0v) is 26.1. The Labute approximate surface area is 238 Å². The van der Waals surface area contributed by atoms with Crippen molar-refractivity contribution in [3.63, 3.8) is 0 Å². The Morgan fingerprint density at radius 1 is 0.897 bits per heavy atom. The van der Waals surface area contributed by atoms with Crippen molar-refractivity contribution in [2.45, 2.75) is 87.1 Å². The normalized spacial score (nSPS) is 14.6. The van der Waals surface area contributed by atoms with Gasteiger partial charge in [0.25, 0.3) is 0 Å². The molecule has 0 aliphatic heterocycles. The number of allylic oxidation sites excluding steroid dienone is 4. The molecule has 1 aliphatic rings. The van der Waals surface area contributed by atoms with Gasteiger partial charge in [0.15, 0.2) is 0 Å². The predicted octanol–water partition coefficient (Wildman–Crippen LogP) is 9.97. The molecule has 2 heteroatoms.